The number of rotatable bonds is 6. The van der Waals surface area contributed by atoms with E-state index in [1.165, 1.54) is 0 Å². The van der Waals surface area contributed by atoms with E-state index in [0.29, 0.717) is 24.3 Å². The monoisotopic (exact) mass is 238 g/mol. The van der Waals surface area contributed by atoms with Crippen LogP contribution in [-0.4, -0.2) is 28.7 Å². The van der Waals surface area contributed by atoms with Gasteiger partial charge in [0.15, 0.2) is 0 Å². The largest absolute Gasteiger partial charge is 0.475 e. The number of nitrogens with two attached hydrogens (primary N) is 1. The zero-order chi connectivity index (χ0) is 12.8. The van der Waals surface area contributed by atoms with Gasteiger partial charge in [0.05, 0.1) is 6.10 Å². The minimum atomic E-state index is 0.0910. The number of hydrogen-bond donors (Lipinski definition) is 2. The van der Waals surface area contributed by atoms with Crippen molar-refractivity contribution in [2.24, 2.45) is 11.7 Å². The summed E-state index contributed by atoms with van der Waals surface area (Å²) in [5, 5.41) is 3.11. The van der Waals surface area contributed by atoms with E-state index in [2.05, 4.69) is 29.1 Å². The van der Waals surface area contributed by atoms with Crippen LogP contribution >= 0.6 is 0 Å². The Bertz CT molecular complexity index is 341. The number of aromatic nitrogens is 2. The first kappa shape index (κ1) is 13.7. The third-order valence-electron chi connectivity index (χ3n) is 2.34. The molecule has 0 spiro atoms. The van der Waals surface area contributed by atoms with Crippen molar-refractivity contribution in [1.82, 2.24) is 9.97 Å². The summed E-state index contributed by atoms with van der Waals surface area (Å²) in [5.41, 5.74) is 5.93. The standard InChI is InChI=1S/C12H22N4O/c1-8(2)10(13)7-15-12-14-6-5-11(16-12)17-9(3)4/h5-6,8-10H,7,13H2,1-4H3,(H,14,15,16). The highest BCUT2D eigenvalue weighted by Crippen LogP contribution is 2.10. The van der Waals surface area contributed by atoms with Crippen molar-refractivity contribution in [3.8, 4) is 5.88 Å². The first-order valence-corrected chi connectivity index (χ1v) is 5.98. The number of ether oxygens (including phenoxy) is 1. The molecule has 0 bridgehead atoms. The summed E-state index contributed by atoms with van der Waals surface area (Å²) >= 11 is 0. The second kappa shape index (κ2) is 6.39. The quantitative estimate of drug-likeness (QED) is 0.788. The third-order valence-corrected chi connectivity index (χ3v) is 2.34. The van der Waals surface area contributed by atoms with Gasteiger partial charge in [-0.25, -0.2) is 4.98 Å². The summed E-state index contributed by atoms with van der Waals surface area (Å²) in [5.74, 6) is 1.56. The molecule has 0 aliphatic heterocycles. The lowest BCUT2D eigenvalue weighted by molar-refractivity contribution is 0.232. The molecule has 0 radical (unpaired) electrons. The lowest BCUT2D eigenvalue weighted by Crippen LogP contribution is -2.34. The maximum Gasteiger partial charge on any atom is 0.225 e. The highest BCUT2D eigenvalue weighted by Gasteiger charge is 2.08. The molecule has 1 rings (SSSR count). The molecule has 96 valence electrons. The van der Waals surface area contributed by atoms with E-state index in [1.807, 2.05) is 13.8 Å². The van der Waals surface area contributed by atoms with Gasteiger partial charge in [0.1, 0.15) is 0 Å². The van der Waals surface area contributed by atoms with Gasteiger partial charge in [-0.3, -0.25) is 0 Å². The smallest absolute Gasteiger partial charge is 0.225 e. The van der Waals surface area contributed by atoms with Gasteiger partial charge in [-0.05, 0) is 19.8 Å². The molecule has 0 aromatic carbocycles. The molecular weight excluding hydrogens is 216 g/mol. The van der Waals surface area contributed by atoms with Gasteiger partial charge in [-0.2, -0.15) is 4.98 Å². The average Bonchev–Trinajstić information content (AvgIpc) is 2.25. The van der Waals surface area contributed by atoms with Crippen molar-refractivity contribution < 1.29 is 4.74 Å². The first-order valence-electron chi connectivity index (χ1n) is 5.98. The van der Waals surface area contributed by atoms with E-state index in [9.17, 15) is 0 Å². The minimum absolute atomic E-state index is 0.0910. The molecule has 0 aliphatic carbocycles. The SMILES string of the molecule is CC(C)Oc1ccnc(NCC(N)C(C)C)n1. The van der Waals surface area contributed by atoms with Crippen LogP contribution < -0.4 is 15.8 Å². The van der Waals surface area contributed by atoms with Crippen LogP contribution in [0.3, 0.4) is 0 Å². The molecule has 0 aliphatic rings. The van der Waals surface area contributed by atoms with Gasteiger partial charge in [0.2, 0.25) is 11.8 Å². The summed E-state index contributed by atoms with van der Waals surface area (Å²) in [6.07, 6.45) is 1.78. The van der Waals surface area contributed by atoms with Gasteiger partial charge in [0, 0.05) is 24.8 Å². The zero-order valence-electron chi connectivity index (χ0n) is 11.0. The van der Waals surface area contributed by atoms with Crippen molar-refractivity contribution >= 4 is 5.95 Å². The number of nitrogens with one attached hydrogen (secondary N) is 1. The van der Waals surface area contributed by atoms with Gasteiger partial charge in [0.25, 0.3) is 0 Å². The second-order valence-electron chi connectivity index (χ2n) is 4.67. The van der Waals surface area contributed by atoms with Gasteiger partial charge in [-0.15, -0.1) is 0 Å². The van der Waals surface area contributed by atoms with Crippen LogP contribution in [0.2, 0.25) is 0 Å². The van der Waals surface area contributed by atoms with Crippen molar-refractivity contribution in [2.45, 2.75) is 39.8 Å². The molecule has 0 saturated heterocycles. The summed E-state index contributed by atoms with van der Waals surface area (Å²) in [6, 6.07) is 1.83. The molecule has 0 fully saturated rings. The molecular formula is C12H22N4O. The first-order chi connectivity index (χ1) is 7.99. The normalized spacial score (nSPS) is 12.9. The highest BCUT2D eigenvalue weighted by atomic mass is 16.5. The molecule has 1 unspecified atom stereocenters. The molecule has 0 saturated carbocycles. The average molecular weight is 238 g/mol. The van der Waals surface area contributed by atoms with Gasteiger partial charge < -0.3 is 15.8 Å². The van der Waals surface area contributed by atoms with Crippen molar-refractivity contribution in [3.63, 3.8) is 0 Å². The molecule has 5 nitrogen and oxygen atoms in total. The van der Waals surface area contributed by atoms with Gasteiger partial charge >= 0.3 is 0 Å². The fourth-order valence-electron chi connectivity index (χ4n) is 1.18. The number of hydrogen-bond acceptors (Lipinski definition) is 5. The Hall–Kier alpha value is -1.36. The maximum atomic E-state index is 5.93. The van der Waals surface area contributed by atoms with E-state index in [-0.39, 0.29) is 12.1 Å². The molecule has 3 N–H and O–H groups in total. The summed E-state index contributed by atoms with van der Waals surface area (Å²) in [4.78, 5) is 8.36. The molecule has 1 atom stereocenters. The molecule has 1 heterocycles. The lowest BCUT2D eigenvalue weighted by Gasteiger charge is -2.16. The Labute approximate surface area is 103 Å². The van der Waals surface area contributed by atoms with Crippen LogP contribution in [0.4, 0.5) is 5.95 Å². The lowest BCUT2D eigenvalue weighted by atomic mass is 10.1. The Morgan fingerprint density at radius 1 is 1.35 bits per heavy atom. The van der Waals surface area contributed by atoms with Crippen molar-refractivity contribution in [3.05, 3.63) is 12.3 Å². The molecule has 1 aromatic rings. The van der Waals surface area contributed by atoms with E-state index in [1.54, 1.807) is 12.3 Å². The highest BCUT2D eigenvalue weighted by molar-refractivity contribution is 5.27. The van der Waals surface area contributed by atoms with Crippen LogP contribution in [0.5, 0.6) is 5.88 Å². The van der Waals surface area contributed by atoms with E-state index in [0.717, 1.165) is 0 Å². The summed E-state index contributed by atoms with van der Waals surface area (Å²) in [7, 11) is 0. The van der Waals surface area contributed by atoms with Crippen LogP contribution in [0.25, 0.3) is 0 Å². The fraction of sp³-hybridized carbons (Fsp3) is 0.667. The summed E-state index contributed by atoms with van der Waals surface area (Å²) in [6.45, 7) is 8.76. The Kier molecular flexibility index (Phi) is 5.15. The van der Waals surface area contributed by atoms with E-state index in [4.69, 9.17) is 10.5 Å². The van der Waals surface area contributed by atoms with Crippen LogP contribution in [0, 0.1) is 5.92 Å². The Balaban J connectivity index is 2.54. The Morgan fingerprint density at radius 2 is 2.06 bits per heavy atom. The van der Waals surface area contributed by atoms with E-state index >= 15 is 0 Å². The number of nitrogens with zero attached hydrogens (tertiary/aromatic N) is 2. The van der Waals surface area contributed by atoms with Crippen LogP contribution in [0.15, 0.2) is 12.3 Å². The van der Waals surface area contributed by atoms with Crippen molar-refractivity contribution in [2.75, 3.05) is 11.9 Å². The van der Waals surface area contributed by atoms with Gasteiger partial charge in [-0.1, -0.05) is 13.8 Å². The number of anilines is 1. The molecule has 0 amide bonds. The second-order valence-corrected chi connectivity index (χ2v) is 4.67. The summed E-state index contributed by atoms with van der Waals surface area (Å²) < 4.78 is 5.49. The predicted octanol–water partition coefficient (Wildman–Crippen LogP) is 1.66. The predicted molar refractivity (Wildman–Crippen MR) is 69.1 cm³/mol. The third kappa shape index (κ3) is 4.99. The molecule has 1 aromatic heterocycles. The maximum absolute atomic E-state index is 5.93. The molecule has 17 heavy (non-hydrogen) atoms. The fourth-order valence-corrected chi connectivity index (χ4v) is 1.18. The topological polar surface area (TPSA) is 73.1 Å². The zero-order valence-corrected chi connectivity index (χ0v) is 11.0. The van der Waals surface area contributed by atoms with Crippen LogP contribution in [-0.2, 0) is 0 Å². The van der Waals surface area contributed by atoms with Crippen molar-refractivity contribution in [1.29, 1.82) is 0 Å². The Morgan fingerprint density at radius 3 is 2.65 bits per heavy atom. The van der Waals surface area contributed by atoms with E-state index < -0.39 is 0 Å². The minimum Gasteiger partial charge on any atom is -0.475 e. The van der Waals surface area contributed by atoms with Crippen LogP contribution in [0.1, 0.15) is 27.7 Å². The molecule has 5 heteroatoms.